The predicted octanol–water partition coefficient (Wildman–Crippen LogP) is 1.75. The van der Waals surface area contributed by atoms with Crippen LogP contribution in [0, 0.1) is 0 Å². The zero-order valence-electron chi connectivity index (χ0n) is 12.1. The Morgan fingerprint density at radius 2 is 2.04 bits per heavy atom. The number of benzene rings is 1. The smallest absolute Gasteiger partial charge is 0.329 e. The zero-order chi connectivity index (χ0) is 16.7. The molecule has 2 aromatic rings. The summed E-state index contributed by atoms with van der Waals surface area (Å²) in [7, 11) is 0. The van der Waals surface area contributed by atoms with Crippen LogP contribution in [0.15, 0.2) is 34.9 Å². The van der Waals surface area contributed by atoms with Gasteiger partial charge in [0, 0.05) is 17.1 Å². The van der Waals surface area contributed by atoms with Gasteiger partial charge in [-0.1, -0.05) is 11.6 Å². The first-order chi connectivity index (χ1) is 11.0. The van der Waals surface area contributed by atoms with Gasteiger partial charge in [0.15, 0.2) is 0 Å². The van der Waals surface area contributed by atoms with Crippen molar-refractivity contribution >= 4 is 23.5 Å². The van der Waals surface area contributed by atoms with E-state index in [1.807, 2.05) is 0 Å². The van der Waals surface area contributed by atoms with Crippen LogP contribution in [0.1, 0.15) is 5.69 Å². The summed E-state index contributed by atoms with van der Waals surface area (Å²) < 4.78 is 10.1. The summed E-state index contributed by atoms with van der Waals surface area (Å²) >= 11 is 5.81. The van der Waals surface area contributed by atoms with E-state index in [4.69, 9.17) is 25.9 Å². The highest BCUT2D eigenvalue weighted by atomic mass is 35.5. The lowest BCUT2D eigenvalue weighted by Crippen LogP contribution is -2.29. The minimum absolute atomic E-state index is 0.0655. The van der Waals surface area contributed by atoms with Crippen molar-refractivity contribution in [3.63, 3.8) is 0 Å². The van der Waals surface area contributed by atoms with Crippen molar-refractivity contribution in [2.75, 3.05) is 19.8 Å². The number of carbonyl (C=O) groups is 2. The zero-order valence-corrected chi connectivity index (χ0v) is 12.9. The minimum Gasteiger partial charge on any atom is -0.480 e. The molecule has 1 aromatic heterocycles. The predicted molar refractivity (Wildman–Crippen MR) is 82.1 cm³/mol. The molecule has 1 aromatic carbocycles. The number of aromatic nitrogens is 1. The van der Waals surface area contributed by atoms with Crippen molar-refractivity contribution in [2.24, 2.45) is 0 Å². The number of nitrogens with one attached hydrogen (secondary N) is 1. The molecule has 2 N–H and O–H groups in total. The third-order valence-corrected chi connectivity index (χ3v) is 3.03. The Morgan fingerprint density at radius 1 is 1.30 bits per heavy atom. The fourth-order valence-electron chi connectivity index (χ4n) is 1.76. The minimum atomic E-state index is -1.05. The van der Waals surface area contributed by atoms with E-state index in [2.05, 4.69) is 10.3 Å². The van der Waals surface area contributed by atoms with Gasteiger partial charge in [0.05, 0.1) is 18.7 Å². The number of ether oxygens (including phenoxy) is 1. The van der Waals surface area contributed by atoms with Crippen LogP contribution in [-0.4, -0.2) is 41.7 Å². The van der Waals surface area contributed by atoms with Crippen molar-refractivity contribution in [3.8, 4) is 11.5 Å². The summed E-state index contributed by atoms with van der Waals surface area (Å²) in [5.74, 6) is -0.886. The van der Waals surface area contributed by atoms with Gasteiger partial charge in [-0.3, -0.25) is 4.79 Å². The number of rotatable bonds is 8. The third-order valence-electron chi connectivity index (χ3n) is 2.78. The summed E-state index contributed by atoms with van der Waals surface area (Å²) in [5.41, 5.74) is 1.27. The van der Waals surface area contributed by atoms with E-state index in [9.17, 15) is 9.59 Å². The number of carboxylic acid groups (broad SMARTS) is 1. The van der Waals surface area contributed by atoms with E-state index in [1.54, 1.807) is 24.3 Å². The van der Waals surface area contributed by atoms with Crippen molar-refractivity contribution < 1.29 is 23.8 Å². The Morgan fingerprint density at radius 3 is 2.74 bits per heavy atom. The van der Waals surface area contributed by atoms with E-state index in [1.165, 1.54) is 6.26 Å². The maximum atomic E-state index is 11.7. The fraction of sp³-hybridized carbons (Fsp3) is 0.267. The number of carboxylic acids is 1. The molecule has 7 nitrogen and oxygen atoms in total. The van der Waals surface area contributed by atoms with E-state index >= 15 is 0 Å². The Labute approximate surface area is 137 Å². The Bertz CT molecular complexity index is 669. The van der Waals surface area contributed by atoms with Crippen molar-refractivity contribution in [1.29, 1.82) is 0 Å². The lowest BCUT2D eigenvalue weighted by molar-refractivity contribution is -0.142. The first-order valence-electron chi connectivity index (χ1n) is 6.81. The molecule has 0 aliphatic rings. The van der Waals surface area contributed by atoms with E-state index in [-0.39, 0.29) is 32.1 Å². The lowest BCUT2D eigenvalue weighted by Gasteiger charge is -2.03. The number of amides is 1. The second kappa shape index (κ2) is 8.30. The van der Waals surface area contributed by atoms with Gasteiger partial charge in [0.25, 0.3) is 0 Å². The van der Waals surface area contributed by atoms with Crippen molar-refractivity contribution in [1.82, 2.24) is 10.3 Å². The van der Waals surface area contributed by atoms with Gasteiger partial charge >= 0.3 is 5.97 Å². The molecule has 0 fully saturated rings. The van der Waals surface area contributed by atoms with E-state index in [0.717, 1.165) is 5.56 Å². The van der Waals surface area contributed by atoms with Gasteiger partial charge in [0.2, 0.25) is 11.8 Å². The topological polar surface area (TPSA) is 102 Å². The van der Waals surface area contributed by atoms with Crippen molar-refractivity contribution in [3.05, 3.63) is 41.2 Å². The lowest BCUT2D eigenvalue weighted by atomic mass is 10.2. The van der Waals surface area contributed by atoms with Gasteiger partial charge < -0.3 is 19.6 Å². The molecule has 0 aliphatic heterocycles. The average molecular weight is 339 g/mol. The molecule has 2 rings (SSSR count). The van der Waals surface area contributed by atoms with Gasteiger partial charge in [-0.15, -0.1) is 0 Å². The fourth-order valence-corrected chi connectivity index (χ4v) is 1.89. The summed E-state index contributed by atoms with van der Waals surface area (Å²) in [6, 6.07) is 7.00. The van der Waals surface area contributed by atoms with Crippen LogP contribution in [-0.2, 0) is 20.7 Å². The molecule has 1 amide bonds. The van der Waals surface area contributed by atoms with Crippen LogP contribution in [0.3, 0.4) is 0 Å². The molecule has 0 aliphatic carbocycles. The Kier molecular flexibility index (Phi) is 6.13. The highest BCUT2D eigenvalue weighted by Crippen LogP contribution is 2.20. The maximum absolute atomic E-state index is 11.7. The monoisotopic (exact) mass is 338 g/mol. The molecule has 8 heteroatoms. The molecule has 0 radical (unpaired) electrons. The number of oxazole rings is 1. The molecular weight excluding hydrogens is 324 g/mol. The summed E-state index contributed by atoms with van der Waals surface area (Å²) in [4.78, 5) is 26.2. The number of hydrogen-bond acceptors (Lipinski definition) is 5. The van der Waals surface area contributed by atoms with Crippen LogP contribution in [0.25, 0.3) is 11.5 Å². The molecule has 23 heavy (non-hydrogen) atoms. The Hall–Kier alpha value is -2.38. The number of halogens is 1. The van der Waals surface area contributed by atoms with E-state index in [0.29, 0.717) is 16.6 Å². The van der Waals surface area contributed by atoms with Crippen LogP contribution in [0.5, 0.6) is 0 Å². The molecule has 0 bridgehead atoms. The third kappa shape index (κ3) is 5.72. The largest absolute Gasteiger partial charge is 0.480 e. The Balaban J connectivity index is 1.78. The normalized spacial score (nSPS) is 10.5. The van der Waals surface area contributed by atoms with Crippen molar-refractivity contribution in [2.45, 2.75) is 6.42 Å². The van der Waals surface area contributed by atoms with Crippen LogP contribution in [0.2, 0.25) is 5.02 Å². The molecular formula is C15H15ClN2O5. The van der Waals surface area contributed by atoms with Gasteiger partial charge in [-0.2, -0.15) is 0 Å². The quantitative estimate of drug-likeness (QED) is 0.711. The standard InChI is InChI=1S/C15H15ClN2O5/c16-11-3-1-10(2-4-11)15-18-12(8-23-15)7-13(19)17-5-6-22-9-14(20)21/h1-4,8H,5-7,9H2,(H,17,19)(H,20,21). The molecule has 0 saturated carbocycles. The maximum Gasteiger partial charge on any atom is 0.329 e. The first-order valence-corrected chi connectivity index (χ1v) is 7.19. The molecule has 0 spiro atoms. The molecule has 0 atom stereocenters. The highest BCUT2D eigenvalue weighted by molar-refractivity contribution is 6.30. The van der Waals surface area contributed by atoms with E-state index < -0.39 is 5.97 Å². The van der Waals surface area contributed by atoms with Gasteiger partial charge in [-0.25, -0.2) is 9.78 Å². The second-order valence-electron chi connectivity index (χ2n) is 4.62. The second-order valence-corrected chi connectivity index (χ2v) is 5.06. The summed E-state index contributed by atoms with van der Waals surface area (Å²) in [5, 5.41) is 11.6. The molecule has 0 unspecified atom stereocenters. The average Bonchev–Trinajstić information content (AvgIpc) is 2.95. The SMILES string of the molecule is O=C(O)COCCNC(=O)Cc1coc(-c2ccc(Cl)cc2)n1. The molecule has 1 heterocycles. The van der Waals surface area contributed by atoms with Crippen LogP contribution in [0.4, 0.5) is 0 Å². The van der Waals surface area contributed by atoms with Gasteiger partial charge in [-0.05, 0) is 24.3 Å². The molecule has 122 valence electrons. The van der Waals surface area contributed by atoms with Crippen LogP contribution >= 0.6 is 11.6 Å². The number of nitrogens with zero attached hydrogens (tertiary/aromatic N) is 1. The number of carbonyl (C=O) groups excluding carboxylic acids is 1. The number of aliphatic carboxylic acids is 1. The molecule has 0 saturated heterocycles. The van der Waals surface area contributed by atoms with Gasteiger partial charge in [0.1, 0.15) is 12.9 Å². The van der Waals surface area contributed by atoms with Crippen LogP contribution < -0.4 is 5.32 Å². The summed E-state index contributed by atoms with van der Waals surface area (Å²) in [6.45, 7) is -0.0233. The summed E-state index contributed by atoms with van der Waals surface area (Å²) in [6.07, 6.45) is 1.49. The first kappa shape index (κ1) is 17.0. The highest BCUT2D eigenvalue weighted by Gasteiger charge is 2.10. The number of hydrogen-bond donors (Lipinski definition) is 2.